The SMILES string of the molecule is [2H]C1([2H])c2ccccc2[C@@]2(C)OC(C(C)C)=[N+](C(C)C)[C@@]12C. The van der Waals surface area contributed by atoms with Gasteiger partial charge in [-0.2, -0.15) is 4.58 Å². The Morgan fingerprint density at radius 3 is 2.45 bits per heavy atom. The van der Waals surface area contributed by atoms with Gasteiger partial charge in [0.25, 0.3) is 0 Å². The first kappa shape index (κ1) is 11.4. The molecule has 108 valence electrons. The Bertz CT molecular complexity index is 665. The molecule has 0 spiro atoms. The molecule has 2 nitrogen and oxygen atoms in total. The van der Waals surface area contributed by atoms with Gasteiger partial charge in [-0.05, 0) is 40.2 Å². The molecule has 0 bridgehead atoms. The highest BCUT2D eigenvalue weighted by molar-refractivity contribution is 5.76. The number of ether oxygens (including phenoxy) is 1. The Hall–Kier alpha value is -1.31. The van der Waals surface area contributed by atoms with Gasteiger partial charge in [-0.15, -0.1) is 0 Å². The van der Waals surface area contributed by atoms with Crippen molar-refractivity contribution in [3.63, 3.8) is 0 Å². The molecule has 0 radical (unpaired) electrons. The van der Waals surface area contributed by atoms with Gasteiger partial charge >= 0.3 is 5.90 Å². The second-order valence-corrected chi connectivity index (χ2v) is 6.83. The highest BCUT2D eigenvalue weighted by atomic mass is 16.5. The van der Waals surface area contributed by atoms with Crippen molar-refractivity contribution in [2.24, 2.45) is 5.92 Å². The van der Waals surface area contributed by atoms with Crippen LogP contribution in [-0.2, 0) is 16.7 Å². The highest BCUT2D eigenvalue weighted by Crippen LogP contribution is 2.52. The molecule has 2 heteroatoms. The van der Waals surface area contributed by atoms with Gasteiger partial charge in [0.1, 0.15) is 0 Å². The number of benzene rings is 1. The quantitative estimate of drug-likeness (QED) is 0.749. The van der Waals surface area contributed by atoms with E-state index in [1.165, 1.54) is 0 Å². The minimum atomic E-state index is -1.47. The minimum absolute atomic E-state index is 0.175. The molecule has 1 heterocycles. The Morgan fingerprint density at radius 2 is 1.85 bits per heavy atom. The van der Waals surface area contributed by atoms with E-state index in [9.17, 15) is 0 Å². The molecule has 0 saturated carbocycles. The van der Waals surface area contributed by atoms with E-state index in [0.717, 1.165) is 17.0 Å². The third-order valence-corrected chi connectivity index (χ3v) is 4.79. The second kappa shape index (κ2) is 4.09. The van der Waals surface area contributed by atoms with Gasteiger partial charge in [0, 0.05) is 21.6 Å². The van der Waals surface area contributed by atoms with E-state index >= 15 is 0 Å². The molecule has 0 saturated heterocycles. The summed E-state index contributed by atoms with van der Waals surface area (Å²) in [7, 11) is 0. The standard InChI is InChI=1S/C18H26NO/c1-12(2)16-19(13(3)4)17(5)11-14-9-7-8-10-15(14)18(17,6)20-16/h7-10,12-13H,11H2,1-6H3/q+1/t17-,18+/m0/s1/i11D2. The molecule has 0 fully saturated rings. The van der Waals surface area contributed by atoms with E-state index in [4.69, 9.17) is 7.48 Å². The summed E-state index contributed by atoms with van der Waals surface area (Å²) in [5, 5.41) is 0. The molecule has 1 aromatic rings. The Morgan fingerprint density at radius 1 is 1.20 bits per heavy atom. The summed E-state index contributed by atoms with van der Waals surface area (Å²) < 4.78 is 26.5. The molecule has 1 aliphatic heterocycles. The summed E-state index contributed by atoms with van der Waals surface area (Å²) in [5.41, 5.74) is 0.311. The van der Waals surface area contributed by atoms with Crippen LogP contribution < -0.4 is 0 Å². The van der Waals surface area contributed by atoms with E-state index in [0.29, 0.717) is 0 Å². The number of rotatable bonds is 2. The fraction of sp³-hybridized carbons (Fsp3) is 0.611. The largest absolute Gasteiger partial charge is 0.429 e. The summed E-state index contributed by atoms with van der Waals surface area (Å²) in [5.74, 6) is 1.13. The van der Waals surface area contributed by atoms with Gasteiger partial charge < -0.3 is 4.74 Å². The van der Waals surface area contributed by atoms with Crippen LogP contribution in [0.3, 0.4) is 0 Å². The second-order valence-electron chi connectivity index (χ2n) is 6.83. The Labute approximate surface area is 125 Å². The third-order valence-electron chi connectivity index (χ3n) is 4.79. The maximum absolute atomic E-state index is 8.90. The first-order valence-corrected chi connectivity index (χ1v) is 7.54. The predicted molar refractivity (Wildman–Crippen MR) is 82.2 cm³/mol. The average molecular weight is 274 g/mol. The van der Waals surface area contributed by atoms with E-state index in [2.05, 4.69) is 32.3 Å². The first-order chi connectivity index (χ1) is 10.1. The van der Waals surface area contributed by atoms with Gasteiger partial charge in [0.15, 0.2) is 6.04 Å². The van der Waals surface area contributed by atoms with E-state index in [-0.39, 0.29) is 12.0 Å². The maximum atomic E-state index is 8.90. The lowest BCUT2D eigenvalue weighted by molar-refractivity contribution is -0.631. The van der Waals surface area contributed by atoms with Crippen molar-refractivity contribution >= 4 is 5.90 Å². The molecular formula is C18H26NO+. The van der Waals surface area contributed by atoms with Gasteiger partial charge in [-0.1, -0.05) is 24.3 Å². The summed E-state index contributed by atoms with van der Waals surface area (Å²) >= 11 is 0. The molecule has 0 unspecified atom stereocenters. The van der Waals surface area contributed by atoms with Crippen molar-refractivity contribution < 1.29 is 12.1 Å². The van der Waals surface area contributed by atoms with E-state index in [1.807, 2.05) is 38.1 Å². The van der Waals surface area contributed by atoms with E-state index < -0.39 is 17.5 Å². The first-order valence-electron chi connectivity index (χ1n) is 8.54. The lowest BCUT2D eigenvalue weighted by Crippen LogP contribution is -2.51. The zero-order valence-corrected chi connectivity index (χ0v) is 13.3. The van der Waals surface area contributed by atoms with Crippen molar-refractivity contribution in [2.75, 3.05) is 0 Å². The van der Waals surface area contributed by atoms with Crippen LogP contribution >= 0.6 is 0 Å². The van der Waals surface area contributed by atoms with Gasteiger partial charge in [0.05, 0.1) is 5.92 Å². The fourth-order valence-electron chi connectivity index (χ4n) is 3.74. The highest BCUT2D eigenvalue weighted by Gasteiger charge is 2.68. The Balaban J connectivity index is 2.35. The molecular weight excluding hydrogens is 246 g/mol. The van der Waals surface area contributed by atoms with Crippen LogP contribution in [0.4, 0.5) is 0 Å². The number of hydrogen-bond acceptors (Lipinski definition) is 1. The molecule has 20 heavy (non-hydrogen) atoms. The third kappa shape index (κ3) is 1.48. The lowest BCUT2D eigenvalue weighted by Gasteiger charge is -2.30. The minimum Gasteiger partial charge on any atom is -0.429 e. The van der Waals surface area contributed by atoms with Crippen LogP contribution in [0, 0.1) is 5.92 Å². The monoisotopic (exact) mass is 274 g/mol. The number of fused-ring (bicyclic) bond motifs is 3. The smallest absolute Gasteiger partial charge is 0.340 e. The molecule has 3 rings (SSSR count). The molecule has 1 aromatic carbocycles. The van der Waals surface area contributed by atoms with Crippen molar-refractivity contribution in [3.05, 3.63) is 35.4 Å². The zero-order valence-electron chi connectivity index (χ0n) is 15.3. The molecule has 0 amide bonds. The maximum Gasteiger partial charge on any atom is 0.340 e. The average Bonchev–Trinajstić information content (AvgIpc) is 2.76. The molecule has 0 aromatic heterocycles. The van der Waals surface area contributed by atoms with Crippen LogP contribution in [0.15, 0.2) is 24.3 Å². The van der Waals surface area contributed by atoms with Crippen molar-refractivity contribution in [1.82, 2.24) is 0 Å². The molecule has 0 N–H and O–H groups in total. The van der Waals surface area contributed by atoms with Crippen LogP contribution in [0.2, 0.25) is 0 Å². The van der Waals surface area contributed by atoms with Crippen LogP contribution in [-0.4, -0.2) is 22.1 Å². The van der Waals surface area contributed by atoms with Crippen molar-refractivity contribution in [3.8, 4) is 0 Å². The topological polar surface area (TPSA) is 12.2 Å². The molecule has 2 aliphatic rings. The van der Waals surface area contributed by atoms with Crippen molar-refractivity contribution in [2.45, 2.75) is 65.1 Å². The number of nitrogens with zero attached hydrogens (tertiary/aromatic N) is 1. The fourth-order valence-corrected chi connectivity index (χ4v) is 3.74. The molecule has 1 aliphatic carbocycles. The van der Waals surface area contributed by atoms with Crippen molar-refractivity contribution in [1.29, 1.82) is 0 Å². The zero-order chi connectivity index (χ0) is 16.5. The van der Waals surface area contributed by atoms with Gasteiger partial charge in [-0.25, -0.2) is 0 Å². The van der Waals surface area contributed by atoms with Crippen LogP contribution in [0.25, 0.3) is 0 Å². The van der Waals surface area contributed by atoms with Crippen LogP contribution in [0.1, 0.15) is 55.4 Å². The van der Waals surface area contributed by atoms with Gasteiger partial charge in [0.2, 0.25) is 11.1 Å². The summed E-state index contributed by atoms with van der Waals surface area (Å²) in [6.07, 6.45) is -1.47. The molecule has 2 atom stereocenters. The Kier molecular flexibility index (Phi) is 2.33. The summed E-state index contributed by atoms with van der Waals surface area (Å²) in [4.78, 5) is 0. The van der Waals surface area contributed by atoms with Gasteiger partial charge in [-0.3, -0.25) is 0 Å². The lowest BCUT2D eigenvalue weighted by atomic mass is 9.82. The summed E-state index contributed by atoms with van der Waals surface area (Å²) in [6, 6.07) is 7.98. The van der Waals surface area contributed by atoms with E-state index in [1.54, 1.807) is 0 Å². The summed E-state index contributed by atoms with van der Waals surface area (Å²) in [6.45, 7) is 12.5. The normalized spacial score (nSPS) is 35.8. The van der Waals surface area contributed by atoms with Crippen LogP contribution in [0.5, 0.6) is 0 Å². The predicted octanol–water partition coefficient (Wildman–Crippen LogP) is 3.72. The number of hydrogen-bond donors (Lipinski definition) is 0.